The van der Waals surface area contributed by atoms with Crippen LogP contribution in [0.5, 0.6) is 0 Å². The van der Waals surface area contributed by atoms with Crippen LogP contribution in [0, 0.1) is 0 Å². The van der Waals surface area contributed by atoms with Crippen molar-refractivity contribution < 1.29 is 9.94 Å². The number of hydrogen-bond donors (Lipinski definition) is 1. The molecule has 0 spiro atoms. The van der Waals surface area contributed by atoms with Crippen LogP contribution in [-0.2, 0) is 4.74 Å². The summed E-state index contributed by atoms with van der Waals surface area (Å²) in [5.41, 5.74) is -0.419. The molecule has 1 aliphatic heterocycles. The van der Waals surface area contributed by atoms with Crippen LogP contribution >= 0.6 is 15.9 Å². The second-order valence-corrected chi connectivity index (χ2v) is 6.32. The van der Waals surface area contributed by atoms with Gasteiger partial charge in [-0.3, -0.25) is 0 Å². The van der Waals surface area contributed by atoms with E-state index in [1.54, 1.807) is 0 Å². The summed E-state index contributed by atoms with van der Waals surface area (Å²) >= 11 is 3.36. The van der Waals surface area contributed by atoms with Crippen LogP contribution in [0.4, 0.5) is 0 Å². The first-order valence-electron chi connectivity index (χ1n) is 5.46. The first-order chi connectivity index (χ1) is 6.79. The molecule has 0 aliphatic carbocycles. The van der Waals surface area contributed by atoms with E-state index < -0.39 is 0 Å². The Morgan fingerprint density at radius 1 is 1.27 bits per heavy atom. The maximum atomic E-state index is 10.1. The van der Waals surface area contributed by atoms with Gasteiger partial charge >= 0.3 is 0 Å². The summed E-state index contributed by atoms with van der Waals surface area (Å²) in [5, 5.41) is 12.4. The molecule has 0 aromatic rings. The molecule has 0 aromatic carbocycles. The van der Waals surface area contributed by atoms with Crippen LogP contribution in [0.1, 0.15) is 40.5 Å². The molecular weight excluding hydrogens is 258 g/mol. The Hall–Kier alpha value is 0.360. The van der Waals surface area contributed by atoms with Gasteiger partial charge in [-0.05, 0) is 40.5 Å². The van der Waals surface area contributed by atoms with E-state index in [0.29, 0.717) is 0 Å². The van der Waals surface area contributed by atoms with Crippen LogP contribution in [0.25, 0.3) is 0 Å². The normalized spacial score (nSPS) is 26.8. The molecule has 0 unspecified atom stereocenters. The van der Waals surface area contributed by atoms with Crippen LogP contribution in [0.3, 0.4) is 0 Å². The maximum absolute atomic E-state index is 10.1. The van der Waals surface area contributed by atoms with Gasteiger partial charge in [0.25, 0.3) is 0 Å². The number of piperidine rings is 1. The lowest BCUT2D eigenvalue weighted by atomic mass is 9.80. The number of rotatable bonds is 3. The first kappa shape index (κ1) is 13.4. The third kappa shape index (κ3) is 3.16. The van der Waals surface area contributed by atoms with Crippen molar-refractivity contribution in [3.05, 3.63) is 0 Å². The molecule has 3 nitrogen and oxygen atoms in total. The van der Waals surface area contributed by atoms with E-state index in [4.69, 9.17) is 4.74 Å². The van der Waals surface area contributed by atoms with E-state index in [-0.39, 0.29) is 17.2 Å². The van der Waals surface area contributed by atoms with Crippen molar-refractivity contribution in [2.24, 2.45) is 0 Å². The van der Waals surface area contributed by atoms with Gasteiger partial charge in [0.1, 0.15) is 0 Å². The standard InChI is InChI=1S/C11H22BrNO2/c1-10(2)7-9(15-6-5-12)8-11(3,4)13(10)14/h9,14H,5-8H2,1-4H3. The molecule has 1 fully saturated rings. The number of hydroxylamine groups is 2. The van der Waals surface area contributed by atoms with Gasteiger partial charge in [-0.15, -0.1) is 0 Å². The van der Waals surface area contributed by atoms with Gasteiger partial charge in [0, 0.05) is 16.4 Å². The van der Waals surface area contributed by atoms with Crippen molar-refractivity contribution in [1.29, 1.82) is 0 Å². The maximum Gasteiger partial charge on any atom is 0.0612 e. The Balaban J connectivity index is 2.66. The minimum absolute atomic E-state index is 0.210. The van der Waals surface area contributed by atoms with Crippen LogP contribution in [0.2, 0.25) is 0 Å². The predicted octanol–water partition coefficient (Wildman–Crippen LogP) is 2.81. The summed E-state index contributed by atoms with van der Waals surface area (Å²) in [6.07, 6.45) is 2.00. The van der Waals surface area contributed by atoms with Crippen LogP contribution < -0.4 is 0 Å². The Morgan fingerprint density at radius 2 is 1.73 bits per heavy atom. The van der Waals surface area contributed by atoms with E-state index in [1.165, 1.54) is 5.06 Å². The highest BCUT2D eigenvalue weighted by molar-refractivity contribution is 9.09. The number of halogens is 1. The molecule has 1 saturated heterocycles. The Labute approximate surface area is 101 Å². The zero-order chi connectivity index (χ0) is 11.7. The van der Waals surface area contributed by atoms with Crippen molar-refractivity contribution in [2.75, 3.05) is 11.9 Å². The number of nitrogens with zero attached hydrogens (tertiary/aromatic N) is 1. The van der Waals surface area contributed by atoms with Crippen molar-refractivity contribution in [1.82, 2.24) is 5.06 Å². The molecule has 1 rings (SSSR count). The van der Waals surface area contributed by atoms with Crippen molar-refractivity contribution in [2.45, 2.75) is 57.7 Å². The fraction of sp³-hybridized carbons (Fsp3) is 1.00. The Kier molecular flexibility index (Phi) is 4.20. The summed E-state index contributed by atoms with van der Waals surface area (Å²) in [4.78, 5) is 0. The van der Waals surface area contributed by atoms with Gasteiger partial charge in [-0.1, -0.05) is 15.9 Å². The van der Waals surface area contributed by atoms with E-state index in [2.05, 4.69) is 43.6 Å². The number of alkyl halides is 1. The Morgan fingerprint density at radius 3 is 2.13 bits per heavy atom. The van der Waals surface area contributed by atoms with Gasteiger partial charge in [-0.2, -0.15) is 5.06 Å². The van der Waals surface area contributed by atoms with Gasteiger partial charge in [-0.25, -0.2) is 0 Å². The summed E-state index contributed by atoms with van der Waals surface area (Å²) in [5.74, 6) is 0. The number of ether oxygens (including phenoxy) is 1. The van der Waals surface area contributed by atoms with E-state index >= 15 is 0 Å². The van der Waals surface area contributed by atoms with Gasteiger partial charge in [0.15, 0.2) is 0 Å². The lowest BCUT2D eigenvalue weighted by Crippen LogP contribution is -2.60. The molecule has 1 aliphatic rings. The second-order valence-electron chi connectivity index (χ2n) is 5.53. The smallest absolute Gasteiger partial charge is 0.0612 e. The molecule has 1 heterocycles. The molecule has 0 aromatic heterocycles. The fourth-order valence-corrected chi connectivity index (χ4v) is 2.69. The lowest BCUT2D eigenvalue weighted by molar-refractivity contribution is -0.260. The highest BCUT2D eigenvalue weighted by Gasteiger charge is 2.45. The van der Waals surface area contributed by atoms with Crippen molar-refractivity contribution in [3.63, 3.8) is 0 Å². The molecule has 0 atom stereocenters. The third-order valence-electron chi connectivity index (χ3n) is 3.03. The number of hydrogen-bond acceptors (Lipinski definition) is 3. The quantitative estimate of drug-likeness (QED) is 0.807. The summed E-state index contributed by atoms with van der Waals surface area (Å²) in [6.45, 7) is 8.95. The molecule has 90 valence electrons. The minimum Gasteiger partial charge on any atom is -0.377 e. The van der Waals surface area contributed by atoms with Crippen LogP contribution in [0.15, 0.2) is 0 Å². The van der Waals surface area contributed by atoms with Crippen LogP contribution in [-0.4, -0.2) is 39.4 Å². The Bertz CT molecular complexity index is 201. The summed E-state index contributed by atoms with van der Waals surface area (Å²) in [7, 11) is 0. The van der Waals surface area contributed by atoms with Gasteiger partial charge in [0.2, 0.25) is 0 Å². The minimum atomic E-state index is -0.210. The molecule has 0 amide bonds. The van der Waals surface area contributed by atoms with E-state index in [1.807, 2.05) is 0 Å². The average molecular weight is 280 g/mol. The molecule has 1 N–H and O–H groups in total. The second kappa shape index (κ2) is 4.70. The highest BCUT2D eigenvalue weighted by Crippen LogP contribution is 2.37. The fourth-order valence-electron chi connectivity index (χ4n) is 2.51. The molecule has 15 heavy (non-hydrogen) atoms. The van der Waals surface area contributed by atoms with Crippen molar-refractivity contribution >= 4 is 15.9 Å². The zero-order valence-electron chi connectivity index (χ0n) is 10.1. The topological polar surface area (TPSA) is 32.7 Å². The summed E-state index contributed by atoms with van der Waals surface area (Å²) < 4.78 is 5.77. The molecule has 0 bridgehead atoms. The predicted molar refractivity (Wildman–Crippen MR) is 64.6 cm³/mol. The van der Waals surface area contributed by atoms with Gasteiger partial charge in [0.05, 0.1) is 12.7 Å². The average Bonchev–Trinajstić information content (AvgIpc) is 2.10. The van der Waals surface area contributed by atoms with E-state index in [0.717, 1.165) is 24.8 Å². The zero-order valence-corrected chi connectivity index (χ0v) is 11.7. The van der Waals surface area contributed by atoms with Gasteiger partial charge < -0.3 is 9.94 Å². The van der Waals surface area contributed by atoms with E-state index in [9.17, 15) is 5.21 Å². The monoisotopic (exact) mass is 279 g/mol. The molecule has 0 saturated carbocycles. The largest absolute Gasteiger partial charge is 0.377 e. The first-order valence-corrected chi connectivity index (χ1v) is 6.58. The molecular formula is C11H22BrNO2. The summed E-state index contributed by atoms with van der Waals surface area (Å²) in [6, 6.07) is 0. The lowest BCUT2D eigenvalue weighted by Gasteiger charge is -2.51. The highest BCUT2D eigenvalue weighted by atomic mass is 79.9. The van der Waals surface area contributed by atoms with Crippen molar-refractivity contribution in [3.8, 4) is 0 Å². The molecule has 4 heteroatoms. The molecule has 0 radical (unpaired) electrons. The SMILES string of the molecule is CC1(C)CC(OCCBr)CC(C)(C)N1O. The third-order valence-corrected chi connectivity index (χ3v) is 3.36.